The van der Waals surface area contributed by atoms with Crippen molar-refractivity contribution >= 4 is 23.2 Å². The molecule has 1 aromatic carbocycles. The quantitative estimate of drug-likeness (QED) is 0.825. The van der Waals surface area contributed by atoms with Gasteiger partial charge in [0.2, 0.25) is 0 Å². The van der Waals surface area contributed by atoms with Gasteiger partial charge in [0.1, 0.15) is 0 Å². The van der Waals surface area contributed by atoms with E-state index in [9.17, 15) is 0 Å². The summed E-state index contributed by atoms with van der Waals surface area (Å²) in [6.45, 7) is 0. The molecule has 0 aliphatic heterocycles. The largest absolute Gasteiger partial charge is 0.324 e. The second-order valence-corrected chi connectivity index (χ2v) is 5.35. The summed E-state index contributed by atoms with van der Waals surface area (Å²) in [5.41, 5.74) is 7.30. The molecule has 0 amide bonds. The van der Waals surface area contributed by atoms with Gasteiger partial charge in [-0.05, 0) is 30.4 Å². The molecule has 0 radical (unpaired) electrons. The number of benzene rings is 1. The lowest BCUT2D eigenvalue weighted by Crippen LogP contribution is -2.23. The van der Waals surface area contributed by atoms with E-state index in [0.717, 1.165) is 5.56 Å². The molecule has 1 saturated carbocycles. The van der Waals surface area contributed by atoms with Gasteiger partial charge in [0.25, 0.3) is 0 Å². The van der Waals surface area contributed by atoms with E-state index in [1.807, 2.05) is 12.1 Å². The maximum Gasteiger partial charge on any atom is 0.0640 e. The molecule has 88 valence electrons. The highest BCUT2D eigenvalue weighted by Crippen LogP contribution is 2.37. The molecule has 0 heterocycles. The van der Waals surface area contributed by atoms with Gasteiger partial charge in [-0.2, -0.15) is 0 Å². The van der Waals surface area contributed by atoms with Gasteiger partial charge in [0.15, 0.2) is 0 Å². The van der Waals surface area contributed by atoms with Crippen molar-refractivity contribution in [3.63, 3.8) is 0 Å². The topological polar surface area (TPSA) is 26.0 Å². The van der Waals surface area contributed by atoms with Crippen LogP contribution in [0, 0.1) is 5.92 Å². The Morgan fingerprint density at radius 3 is 2.50 bits per heavy atom. The molecule has 1 atom stereocenters. The fraction of sp³-hybridized carbons (Fsp3) is 0.538. The number of rotatable bonds is 2. The minimum atomic E-state index is 0.0338. The van der Waals surface area contributed by atoms with Crippen LogP contribution < -0.4 is 5.73 Å². The van der Waals surface area contributed by atoms with E-state index in [4.69, 9.17) is 28.9 Å². The Hall–Kier alpha value is -0.240. The van der Waals surface area contributed by atoms with Crippen LogP contribution in [0.2, 0.25) is 10.0 Å². The molecule has 1 aromatic rings. The highest BCUT2D eigenvalue weighted by atomic mass is 35.5. The molecular weight excluding hydrogens is 241 g/mol. The monoisotopic (exact) mass is 257 g/mol. The molecule has 2 N–H and O–H groups in total. The Morgan fingerprint density at radius 2 is 1.81 bits per heavy atom. The van der Waals surface area contributed by atoms with Crippen molar-refractivity contribution in [1.82, 2.24) is 0 Å². The summed E-state index contributed by atoms with van der Waals surface area (Å²) in [6, 6.07) is 5.76. The van der Waals surface area contributed by atoms with Crippen LogP contribution in [0.25, 0.3) is 0 Å². The molecule has 0 unspecified atom stereocenters. The van der Waals surface area contributed by atoms with E-state index in [0.29, 0.717) is 16.0 Å². The lowest BCUT2D eigenvalue weighted by molar-refractivity contribution is 0.308. The van der Waals surface area contributed by atoms with Crippen LogP contribution in [-0.4, -0.2) is 0 Å². The Morgan fingerprint density at radius 1 is 1.12 bits per heavy atom. The third-order valence-corrected chi connectivity index (χ3v) is 4.33. The normalized spacial score (nSPS) is 19.7. The molecule has 1 aliphatic rings. The standard InChI is InChI=1S/C13H17Cl2N/c14-11-8-4-7-10(12(11)15)13(16)9-5-2-1-3-6-9/h4,7-9,13H,1-3,5-6,16H2/t13-/m0/s1. The third kappa shape index (κ3) is 2.53. The van der Waals surface area contributed by atoms with Crippen molar-refractivity contribution in [3.8, 4) is 0 Å². The predicted molar refractivity (Wildman–Crippen MR) is 70.0 cm³/mol. The highest BCUT2D eigenvalue weighted by molar-refractivity contribution is 6.42. The van der Waals surface area contributed by atoms with Crippen LogP contribution in [0.1, 0.15) is 43.7 Å². The van der Waals surface area contributed by atoms with Gasteiger partial charge < -0.3 is 5.73 Å². The predicted octanol–water partition coefficient (Wildman–Crippen LogP) is 4.57. The summed E-state index contributed by atoms with van der Waals surface area (Å²) in [6.07, 6.45) is 6.34. The number of nitrogens with two attached hydrogens (primary N) is 1. The van der Waals surface area contributed by atoms with Crippen molar-refractivity contribution in [1.29, 1.82) is 0 Å². The van der Waals surface area contributed by atoms with Crippen molar-refractivity contribution in [3.05, 3.63) is 33.8 Å². The first-order valence-electron chi connectivity index (χ1n) is 5.89. The molecular formula is C13H17Cl2N. The molecule has 0 spiro atoms. The lowest BCUT2D eigenvalue weighted by Gasteiger charge is -2.28. The fourth-order valence-corrected chi connectivity index (χ4v) is 2.96. The van der Waals surface area contributed by atoms with Gasteiger partial charge in [-0.3, -0.25) is 0 Å². The number of hydrogen-bond donors (Lipinski definition) is 1. The molecule has 2 rings (SSSR count). The summed E-state index contributed by atoms with van der Waals surface area (Å²) < 4.78 is 0. The third-order valence-electron chi connectivity index (χ3n) is 3.50. The Balaban J connectivity index is 2.19. The average Bonchev–Trinajstić information content (AvgIpc) is 2.33. The van der Waals surface area contributed by atoms with E-state index in [1.165, 1.54) is 32.1 Å². The van der Waals surface area contributed by atoms with Gasteiger partial charge in [0.05, 0.1) is 10.0 Å². The zero-order valence-electron chi connectivity index (χ0n) is 9.26. The Labute approximate surface area is 107 Å². The van der Waals surface area contributed by atoms with E-state index < -0.39 is 0 Å². The fourth-order valence-electron chi connectivity index (χ4n) is 2.53. The minimum Gasteiger partial charge on any atom is -0.324 e. The molecule has 0 aromatic heterocycles. The van der Waals surface area contributed by atoms with E-state index >= 15 is 0 Å². The van der Waals surface area contributed by atoms with Crippen molar-refractivity contribution in [2.45, 2.75) is 38.1 Å². The lowest BCUT2D eigenvalue weighted by atomic mass is 9.81. The molecule has 1 nitrogen and oxygen atoms in total. The van der Waals surface area contributed by atoms with Crippen LogP contribution >= 0.6 is 23.2 Å². The first-order valence-corrected chi connectivity index (χ1v) is 6.65. The molecule has 1 fully saturated rings. The highest BCUT2D eigenvalue weighted by Gasteiger charge is 2.23. The first kappa shape index (κ1) is 12.2. The van der Waals surface area contributed by atoms with E-state index in [-0.39, 0.29) is 6.04 Å². The molecule has 0 bridgehead atoms. The van der Waals surface area contributed by atoms with E-state index in [1.54, 1.807) is 6.07 Å². The van der Waals surface area contributed by atoms with Crippen LogP contribution in [-0.2, 0) is 0 Å². The molecule has 3 heteroatoms. The number of halogens is 2. The minimum absolute atomic E-state index is 0.0338. The van der Waals surface area contributed by atoms with Gasteiger partial charge in [-0.1, -0.05) is 54.6 Å². The zero-order chi connectivity index (χ0) is 11.5. The number of hydrogen-bond acceptors (Lipinski definition) is 1. The van der Waals surface area contributed by atoms with Crippen LogP contribution in [0.15, 0.2) is 18.2 Å². The maximum atomic E-state index is 6.30. The van der Waals surface area contributed by atoms with Gasteiger partial charge in [-0.15, -0.1) is 0 Å². The van der Waals surface area contributed by atoms with Crippen molar-refractivity contribution in [2.24, 2.45) is 11.7 Å². The molecule has 1 aliphatic carbocycles. The second kappa shape index (κ2) is 5.39. The van der Waals surface area contributed by atoms with Crippen molar-refractivity contribution in [2.75, 3.05) is 0 Å². The van der Waals surface area contributed by atoms with Crippen LogP contribution in [0.4, 0.5) is 0 Å². The summed E-state index contributed by atoms with van der Waals surface area (Å²) >= 11 is 12.2. The SMILES string of the molecule is N[C@H](c1cccc(Cl)c1Cl)C1CCCCC1. The second-order valence-electron chi connectivity index (χ2n) is 4.57. The Kier molecular flexibility index (Phi) is 4.12. The molecule has 0 saturated heterocycles. The zero-order valence-corrected chi connectivity index (χ0v) is 10.8. The van der Waals surface area contributed by atoms with E-state index in [2.05, 4.69) is 0 Å². The van der Waals surface area contributed by atoms with Gasteiger partial charge in [-0.25, -0.2) is 0 Å². The summed E-state index contributed by atoms with van der Waals surface area (Å²) in [5, 5.41) is 1.23. The maximum absolute atomic E-state index is 6.30. The van der Waals surface area contributed by atoms with Gasteiger partial charge >= 0.3 is 0 Å². The summed E-state index contributed by atoms with van der Waals surface area (Å²) in [4.78, 5) is 0. The van der Waals surface area contributed by atoms with Crippen LogP contribution in [0.3, 0.4) is 0 Å². The van der Waals surface area contributed by atoms with Crippen LogP contribution in [0.5, 0.6) is 0 Å². The Bertz CT molecular complexity index is 359. The summed E-state index contributed by atoms with van der Waals surface area (Å²) in [7, 11) is 0. The van der Waals surface area contributed by atoms with Gasteiger partial charge in [0, 0.05) is 6.04 Å². The summed E-state index contributed by atoms with van der Waals surface area (Å²) in [5.74, 6) is 0.560. The first-order chi connectivity index (χ1) is 7.70. The molecule has 16 heavy (non-hydrogen) atoms. The average molecular weight is 258 g/mol. The smallest absolute Gasteiger partial charge is 0.0640 e. The van der Waals surface area contributed by atoms with Crippen molar-refractivity contribution < 1.29 is 0 Å².